The van der Waals surface area contributed by atoms with Gasteiger partial charge in [0.25, 0.3) is 0 Å². The summed E-state index contributed by atoms with van der Waals surface area (Å²) in [6.07, 6.45) is -5.38. The van der Waals surface area contributed by atoms with Gasteiger partial charge in [0.05, 0.1) is 6.61 Å². The lowest BCUT2D eigenvalue weighted by atomic mass is 10.0. The van der Waals surface area contributed by atoms with Crippen molar-refractivity contribution in [3.63, 3.8) is 0 Å². The van der Waals surface area contributed by atoms with E-state index < -0.39 is 36.8 Å². The molecule has 1 aliphatic rings. The van der Waals surface area contributed by atoms with Crippen LogP contribution in [0.1, 0.15) is 6.92 Å². The minimum Gasteiger partial charge on any atom is -0.394 e. The molecular formula is C7H14O6. The molecule has 0 saturated carbocycles. The minimum atomic E-state index is -1.89. The second-order valence-corrected chi connectivity index (χ2v) is 3.32. The van der Waals surface area contributed by atoms with Gasteiger partial charge in [0.1, 0.15) is 24.4 Å². The van der Waals surface area contributed by atoms with Gasteiger partial charge in [-0.1, -0.05) is 0 Å². The van der Waals surface area contributed by atoms with E-state index in [1.54, 1.807) is 0 Å². The molecule has 0 aromatic carbocycles. The molecule has 6 heteroatoms. The Morgan fingerprint density at radius 3 is 2.31 bits per heavy atom. The quantitative estimate of drug-likeness (QED) is 0.324. The third kappa shape index (κ3) is 1.83. The van der Waals surface area contributed by atoms with Crippen LogP contribution in [0.25, 0.3) is 0 Å². The Kier molecular flexibility index (Phi) is 2.91. The highest BCUT2D eigenvalue weighted by atomic mass is 16.7. The molecule has 1 rings (SSSR count). The van der Waals surface area contributed by atoms with Gasteiger partial charge in [-0.15, -0.1) is 0 Å². The second-order valence-electron chi connectivity index (χ2n) is 3.32. The highest BCUT2D eigenvalue weighted by molar-refractivity contribution is 4.95. The summed E-state index contributed by atoms with van der Waals surface area (Å²) < 4.78 is 4.77. The third-order valence-corrected chi connectivity index (χ3v) is 2.15. The standard InChI is InChI=1S/C7H14O6/c1-7(12)6(11)4(10)5(13-7)3(9)2-8/h3-6,8-12H,2H2,1H3/t3-,4-,5+,6+,7-/m1/s1. The van der Waals surface area contributed by atoms with Gasteiger partial charge in [-0.05, 0) is 6.92 Å². The Morgan fingerprint density at radius 1 is 1.46 bits per heavy atom. The molecule has 1 heterocycles. The average molecular weight is 194 g/mol. The van der Waals surface area contributed by atoms with Crippen molar-refractivity contribution in [1.29, 1.82) is 0 Å². The zero-order valence-corrected chi connectivity index (χ0v) is 7.16. The van der Waals surface area contributed by atoms with E-state index in [9.17, 15) is 15.3 Å². The first kappa shape index (κ1) is 10.8. The Balaban J connectivity index is 2.72. The molecule has 0 unspecified atom stereocenters. The summed E-state index contributed by atoms with van der Waals surface area (Å²) in [6.45, 7) is 0.565. The lowest BCUT2D eigenvalue weighted by Crippen LogP contribution is -2.41. The van der Waals surface area contributed by atoms with Crippen LogP contribution in [0.3, 0.4) is 0 Å². The van der Waals surface area contributed by atoms with Crippen molar-refractivity contribution in [1.82, 2.24) is 0 Å². The molecule has 5 N–H and O–H groups in total. The molecule has 5 atom stereocenters. The van der Waals surface area contributed by atoms with Crippen LogP contribution in [0.5, 0.6) is 0 Å². The lowest BCUT2D eigenvalue weighted by molar-refractivity contribution is -0.226. The minimum absolute atomic E-state index is 0.607. The molecule has 13 heavy (non-hydrogen) atoms. The highest BCUT2D eigenvalue weighted by Crippen LogP contribution is 2.30. The van der Waals surface area contributed by atoms with Crippen molar-refractivity contribution in [2.75, 3.05) is 6.61 Å². The van der Waals surface area contributed by atoms with Gasteiger partial charge in [0, 0.05) is 0 Å². The van der Waals surface area contributed by atoms with Crippen LogP contribution in [0, 0.1) is 0 Å². The normalized spacial score (nSPS) is 48.0. The molecular weight excluding hydrogens is 180 g/mol. The van der Waals surface area contributed by atoms with Crippen molar-refractivity contribution < 1.29 is 30.3 Å². The summed E-state index contributed by atoms with van der Waals surface area (Å²) in [5, 5.41) is 45.5. The topological polar surface area (TPSA) is 110 Å². The highest BCUT2D eigenvalue weighted by Gasteiger charge is 2.52. The molecule has 0 radical (unpaired) electrons. The van der Waals surface area contributed by atoms with E-state index in [0.29, 0.717) is 0 Å². The van der Waals surface area contributed by atoms with Gasteiger partial charge in [0.2, 0.25) is 0 Å². The average Bonchev–Trinajstić information content (AvgIpc) is 2.28. The van der Waals surface area contributed by atoms with Gasteiger partial charge in [-0.2, -0.15) is 0 Å². The van der Waals surface area contributed by atoms with Gasteiger partial charge in [0.15, 0.2) is 5.79 Å². The van der Waals surface area contributed by atoms with E-state index in [2.05, 4.69) is 0 Å². The Labute approximate surface area is 75.0 Å². The number of hydrogen-bond donors (Lipinski definition) is 5. The van der Waals surface area contributed by atoms with Crippen LogP contribution < -0.4 is 0 Å². The molecule has 0 aromatic heterocycles. The van der Waals surface area contributed by atoms with Crippen molar-refractivity contribution in [2.45, 2.75) is 37.1 Å². The Hall–Kier alpha value is -0.240. The van der Waals surface area contributed by atoms with Gasteiger partial charge >= 0.3 is 0 Å². The number of ether oxygens (including phenoxy) is 1. The molecule has 1 fully saturated rings. The van der Waals surface area contributed by atoms with Crippen LogP contribution >= 0.6 is 0 Å². The molecule has 0 spiro atoms. The summed E-state index contributed by atoms with van der Waals surface area (Å²) >= 11 is 0. The maximum Gasteiger partial charge on any atom is 0.192 e. The van der Waals surface area contributed by atoms with E-state index in [1.165, 1.54) is 6.92 Å². The maximum absolute atomic E-state index is 9.32. The number of rotatable bonds is 2. The predicted octanol–water partition coefficient (Wildman–Crippen LogP) is -2.83. The van der Waals surface area contributed by atoms with Crippen molar-refractivity contribution >= 4 is 0 Å². The van der Waals surface area contributed by atoms with Crippen LogP contribution in [0.2, 0.25) is 0 Å². The summed E-state index contributed by atoms with van der Waals surface area (Å²) in [4.78, 5) is 0. The van der Waals surface area contributed by atoms with E-state index in [-0.39, 0.29) is 0 Å². The summed E-state index contributed by atoms with van der Waals surface area (Å²) in [7, 11) is 0. The SMILES string of the molecule is C[C@@]1(O)O[C@@H]([C@H](O)CO)[C@@H](O)[C@@H]1O. The second kappa shape index (κ2) is 3.49. The zero-order valence-electron chi connectivity index (χ0n) is 7.16. The molecule has 0 bridgehead atoms. The molecule has 78 valence electrons. The number of hydrogen-bond acceptors (Lipinski definition) is 6. The predicted molar refractivity (Wildman–Crippen MR) is 40.6 cm³/mol. The first-order chi connectivity index (χ1) is 5.90. The summed E-state index contributed by atoms with van der Waals surface area (Å²) in [5.74, 6) is -1.89. The van der Waals surface area contributed by atoms with E-state index in [4.69, 9.17) is 14.9 Å². The Bertz CT molecular complexity index is 182. The van der Waals surface area contributed by atoms with Crippen molar-refractivity contribution in [3.8, 4) is 0 Å². The fourth-order valence-electron chi connectivity index (χ4n) is 1.32. The van der Waals surface area contributed by atoms with Crippen LogP contribution in [-0.4, -0.2) is 62.3 Å². The first-order valence-electron chi connectivity index (χ1n) is 3.95. The summed E-state index contributed by atoms with van der Waals surface area (Å²) in [5.41, 5.74) is 0. The maximum atomic E-state index is 9.32. The van der Waals surface area contributed by atoms with Gasteiger partial charge in [-0.3, -0.25) is 0 Å². The third-order valence-electron chi connectivity index (χ3n) is 2.15. The fraction of sp³-hybridized carbons (Fsp3) is 1.00. The molecule has 1 aliphatic heterocycles. The van der Waals surface area contributed by atoms with Crippen LogP contribution in [0.15, 0.2) is 0 Å². The molecule has 6 nitrogen and oxygen atoms in total. The van der Waals surface area contributed by atoms with E-state index in [0.717, 1.165) is 0 Å². The number of aliphatic hydroxyl groups is 5. The largest absolute Gasteiger partial charge is 0.394 e. The fourth-order valence-corrected chi connectivity index (χ4v) is 1.32. The van der Waals surface area contributed by atoms with Gasteiger partial charge in [-0.25, -0.2) is 0 Å². The smallest absolute Gasteiger partial charge is 0.192 e. The first-order valence-corrected chi connectivity index (χ1v) is 3.95. The van der Waals surface area contributed by atoms with Gasteiger partial charge < -0.3 is 30.3 Å². The van der Waals surface area contributed by atoms with Crippen LogP contribution in [-0.2, 0) is 4.74 Å². The zero-order chi connectivity index (χ0) is 10.2. The lowest BCUT2D eigenvalue weighted by Gasteiger charge is -2.20. The molecule has 0 aromatic rings. The van der Waals surface area contributed by atoms with E-state index >= 15 is 0 Å². The van der Waals surface area contributed by atoms with Crippen molar-refractivity contribution in [2.24, 2.45) is 0 Å². The summed E-state index contributed by atoms with van der Waals surface area (Å²) in [6, 6.07) is 0. The molecule has 1 saturated heterocycles. The van der Waals surface area contributed by atoms with Crippen LogP contribution in [0.4, 0.5) is 0 Å². The van der Waals surface area contributed by atoms with Crippen molar-refractivity contribution in [3.05, 3.63) is 0 Å². The molecule has 0 aliphatic carbocycles. The Morgan fingerprint density at radius 2 is 2.00 bits per heavy atom. The van der Waals surface area contributed by atoms with E-state index in [1.807, 2.05) is 0 Å². The number of aliphatic hydroxyl groups excluding tert-OH is 4. The molecule has 0 amide bonds. The monoisotopic (exact) mass is 194 g/mol.